The lowest BCUT2D eigenvalue weighted by Crippen LogP contribution is -2.46. The van der Waals surface area contributed by atoms with Crippen LogP contribution in [0.25, 0.3) is 0 Å². The van der Waals surface area contributed by atoms with Crippen molar-refractivity contribution >= 4 is 24.2 Å². The number of nitrogens with zero attached hydrogens (tertiary/aromatic N) is 3. The number of piperidine rings is 1. The van der Waals surface area contributed by atoms with Crippen LogP contribution in [0.2, 0.25) is 0 Å². The molecule has 0 radical (unpaired) electrons. The van der Waals surface area contributed by atoms with E-state index in [2.05, 4.69) is 57.2 Å². The molecule has 0 aromatic heterocycles. The molecule has 0 bridgehead atoms. The van der Waals surface area contributed by atoms with Gasteiger partial charge in [0.15, 0.2) is 0 Å². The maximum atomic E-state index is 13.6. The van der Waals surface area contributed by atoms with Crippen molar-refractivity contribution in [1.82, 2.24) is 14.7 Å². The van der Waals surface area contributed by atoms with Gasteiger partial charge >= 0.3 is 0 Å². The van der Waals surface area contributed by atoms with Crippen LogP contribution in [0.5, 0.6) is 5.75 Å². The van der Waals surface area contributed by atoms with Gasteiger partial charge in [0.05, 0.1) is 12.5 Å². The molecule has 0 aliphatic carbocycles. The fraction of sp³-hybridized carbons (Fsp3) is 0.429. The summed E-state index contributed by atoms with van der Waals surface area (Å²) in [4.78, 5) is 33.8. The van der Waals surface area contributed by atoms with Crippen LogP contribution in [0.3, 0.4) is 0 Å². The van der Waals surface area contributed by atoms with Gasteiger partial charge in [-0.2, -0.15) is 0 Å². The first-order valence-corrected chi connectivity index (χ1v) is 15.0. The number of hydrogen-bond donors (Lipinski definition) is 0. The Bertz CT molecular complexity index is 1370. The number of carbonyl (C=O) groups is 2. The van der Waals surface area contributed by atoms with Crippen molar-refractivity contribution in [3.63, 3.8) is 0 Å². The standard InChI is InChI=1S/C35H41N3O3.ClH/c1-26-8-6-7-11-31(26)33(39)38-24-29(32(25-38)28-9-4-3-5-10-28)23-36-19-16-35(17-20-36)18-21-37(34(35)40)22-27-12-14-30(41-2)15-13-27;/h3-15,29,32H,16-25H2,1-2H3;1H. The number of benzene rings is 3. The minimum atomic E-state index is -0.218. The van der Waals surface area contributed by atoms with Gasteiger partial charge in [-0.15, -0.1) is 12.4 Å². The number of hydrogen-bond acceptors (Lipinski definition) is 4. The van der Waals surface area contributed by atoms with E-state index in [-0.39, 0.29) is 23.7 Å². The Morgan fingerprint density at radius 2 is 1.55 bits per heavy atom. The van der Waals surface area contributed by atoms with E-state index in [1.54, 1.807) is 7.11 Å². The maximum absolute atomic E-state index is 13.6. The van der Waals surface area contributed by atoms with Gasteiger partial charge in [-0.25, -0.2) is 0 Å². The SMILES string of the molecule is COc1ccc(CN2CCC3(CCN(CC4CN(C(=O)c5ccccc5C)CC4c4ccccc4)CC3)C2=O)cc1.Cl. The highest BCUT2D eigenvalue weighted by Gasteiger charge is 2.48. The molecule has 42 heavy (non-hydrogen) atoms. The summed E-state index contributed by atoms with van der Waals surface area (Å²) < 4.78 is 5.28. The zero-order valence-electron chi connectivity index (χ0n) is 24.7. The van der Waals surface area contributed by atoms with Crippen LogP contribution in [-0.4, -0.2) is 72.9 Å². The summed E-state index contributed by atoms with van der Waals surface area (Å²) in [6.07, 6.45) is 2.78. The molecular weight excluding hydrogens is 546 g/mol. The van der Waals surface area contributed by atoms with Crippen LogP contribution in [0.1, 0.15) is 52.2 Å². The molecule has 222 valence electrons. The molecule has 1 spiro atoms. The number of amides is 2. The fourth-order valence-electron chi connectivity index (χ4n) is 7.24. The van der Waals surface area contributed by atoms with E-state index in [4.69, 9.17) is 4.74 Å². The predicted molar refractivity (Wildman–Crippen MR) is 168 cm³/mol. The largest absolute Gasteiger partial charge is 0.497 e. The van der Waals surface area contributed by atoms with E-state index in [0.717, 1.165) is 81.0 Å². The first kappa shape index (κ1) is 30.1. The molecule has 3 aliphatic rings. The second-order valence-electron chi connectivity index (χ2n) is 12.2. The van der Waals surface area contributed by atoms with E-state index in [1.807, 2.05) is 43.3 Å². The Morgan fingerprint density at radius 3 is 2.24 bits per heavy atom. The highest BCUT2D eigenvalue weighted by Crippen LogP contribution is 2.43. The number of carbonyl (C=O) groups excluding carboxylic acids is 2. The van der Waals surface area contributed by atoms with Crippen molar-refractivity contribution in [1.29, 1.82) is 0 Å². The van der Waals surface area contributed by atoms with E-state index >= 15 is 0 Å². The van der Waals surface area contributed by atoms with Gasteiger partial charge in [0.2, 0.25) is 5.91 Å². The van der Waals surface area contributed by atoms with E-state index in [1.165, 1.54) is 5.56 Å². The zero-order chi connectivity index (χ0) is 28.4. The highest BCUT2D eigenvalue weighted by atomic mass is 35.5. The Labute approximate surface area is 256 Å². The molecule has 0 N–H and O–H groups in total. The first-order chi connectivity index (χ1) is 20.0. The lowest BCUT2D eigenvalue weighted by Gasteiger charge is -2.39. The van der Waals surface area contributed by atoms with Gasteiger partial charge in [0, 0.05) is 44.2 Å². The second kappa shape index (κ2) is 12.9. The van der Waals surface area contributed by atoms with Gasteiger partial charge in [-0.1, -0.05) is 60.7 Å². The molecule has 3 aromatic rings. The first-order valence-electron chi connectivity index (χ1n) is 15.0. The van der Waals surface area contributed by atoms with Crippen LogP contribution < -0.4 is 4.74 Å². The van der Waals surface area contributed by atoms with Crippen molar-refractivity contribution < 1.29 is 14.3 Å². The van der Waals surface area contributed by atoms with Crippen LogP contribution in [0.4, 0.5) is 0 Å². The van der Waals surface area contributed by atoms with E-state index in [9.17, 15) is 9.59 Å². The third-order valence-electron chi connectivity index (χ3n) is 9.77. The molecule has 2 amide bonds. The molecule has 0 saturated carbocycles. The Balaban J connectivity index is 0.00000353. The van der Waals surface area contributed by atoms with Gasteiger partial charge in [0.1, 0.15) is 5.75 Å². The number of rotatable bonds is 7. The van der Waals surface area contributed by atoms with Crippen LogP contribution >= 0.6 is 12.4 Å². The molecule has 2 unspecified atom stereocenters. The van der Waals surface area contributed by atoms with Crippen molar-refractivity contribution in [2.45, 2.75) is 38.6 Å². The maximum Gasteiger partial charge on any atom is 0.254 e. The van der Waals surface area contributed by atoms with Crippen LogP contribution in [0.15, 0.2) is 78.9 Å². The second-order valence-corrected chi connectivity index (χ2v) is 12.2. The summed E-state index contributed by atoms with van der Waals surface area (Å²) in [5, 5.41) is 0. The average molecular weight is 588 g/mol. The molecule has 3 aliphatic heterocycles. The molecule has 6 nitrogen and oxygen atoms in total. The Morgan fingerprint density at radius 1 is 0.881 bits per heavy atom. The highest BCUT2D eigenvalue weighted by molar-refractivity contribution is 5.95. The fourth-order valence-corrected chi connectivity index (χ4v) is 7.24. The van der Waals surface area contributed by atoms with Crippen molar-refractivity contribution in [3.8, 4) is 5.75 Å². The third kappa shape index (κ3) is 6.06. The molecule has 3 saturated heterocycles. The number of likely N-dealkylation sites (tertiary alicyclic amines) is 3. The molecule has 7 heteroatoms. The Kier molecular flexibility index (Phi) is 9.24. The molecule has 3 fully saturated rings. The molecule has 6 rings (SSSR count). The number of aryl methyl sites for hydroxylation is 1. The summed E-state index contributed by atoms with van der Waals surface area (Å²) in [5.74, 6) is 1.98. The number of methoxy groups -OCH3 is 1. The lowest BCUT2D eigenvalue weighted by molar-refractivity contribution is -0.139. The van der Waals surface area contributed by atoms with Crippen molar-refractivity contribution in [2.75, 3.05) is 46.4 Å². The number of halogens is 1. The van der Waals surface area contributed by atoms with Crippen molar-refractivity contribution in [2.24, 2.45) is 11.3 Å². The normalized spacial score (nSPS) is 21.9. The van der Waals surface area contributed by atoms with Gasteiger partial charge < -0.3 is 19.4 Å². The molecule has 3 heterocycles. The summed E-state index contributed by atoms with van der Waals surface area (Å²) in [6.45, 7) is 7.86. The van der Waals surface area contributed by atoms with Gasteiger partial charge in [0.25, 0.3) is 5.91 Å². The number of ether oxygens (including phenoxy) is 1. The summed E-state index contributed by atoms with van der Waals surface area (Å²) in [7, 11) is 1.67. The van der Waals surface area contributed by atoms with E-state index < -0.39 is 0 Å². The van der Waals surface area contributed by atoms with Gasteiger partial charge in [-0.3, -0.25) is 9.59 Å². The Hall–Kier alpha value is -3.35. The molecular formula is C35H42ClN3O3. The van der Waals surface area contributed by atoms with Crippen molar-refractivity contribution in [3.05, 3.63) is 101 Å². The third-order valence-corrected chi connectivity index (χ3v) is 9.77. The minimum Gasteiger partial charge on any atom is -0.497 e. The summed E-state index contributed by atoms with van der Waals surface area (Å²) in [5.41, 5.74) is 4.07. The summed E-state index contributed by atoms with van der Waals surface area (Å²) in [6, 6.07) is 26.6. The zero-order valence-corrected chi connectivity index (χ0v) is 25.5. The topological polar surface area (TPSA) is 53.1 Å². The molecule has 2 atom stereocenters. The minimum absolute atomic E-state index is 0. The lowest BCUT2D eigenvalue weighted by atomic mass is 9.76. The average Bonchev–Trinajstić information content (AvgIpc) is 3.56. The van der Waals surface area contributed by atoms with E-state index in [0.29, 0.717) is 24.3 Å². The molecule has 3 aromatic carbocycles. The quantitative estimate of drug-likeness (QED) is 0.351. The van der Waals surface area contributed by atoms with Gasteiger partial charge in [-0.05, 0) is 80.1 Å². The van der Waals surface area contributed by atoms with Crippen LogP contribution in [0, 0.1) is 18.3 Å². The summed E-state index contributed by atoms with van der Waals surface area (Å²) >= 11 is 0. The van der Waals surface area contributed by atoms with Crippen LogP contribution in [-0.2, 0) is 11.3 Å². The predicted octanol–water partition coefficient (Wildman–Crippen LogP) is 5.80. The smallest absolute Gasteiger partial charge is 0.254 e. The monoisotopic (exact) mass is 587 g/mol.